The van der Waals surface area contributed by atoms with Gasteiger partial charge in [-0.3, -0.25) is 27.8 Å². The van der Waals surface area contributed by atoms with Crippen LogP contribution in [-0.2, 0) is 43.8 Å². The number of benzene rings is 8. The van der Waals surface area contributed by atoms with Crippen molar-refractivity contribution in [3.63, 3.8) is 0 Å². The van der Waals surface area contributed by atoms with Crippen LogP contribution < -0.4 is 29.6 Å². The predicted molar refractivity (Wildman–Crippen MR) is 371 cm³/mol. The first-order valence-electron chi connectivity index (χ1n) is 32.4. The van der Waals surface area contributed by atoms with E-state index in [4.69, 9.17) is 46.9 Å². The summed E-state index contributed by atoms with van der Waals surface area (Å²) in [5.74, 6) is 1.82. The van der Waals surface area contributed by atoms with Crippen LogP contribution >= 0.6 is 7.91 Å². The van der Waals surface area contributed by atoms with E-state index in [2.05, 4.69) is 40.5 Å². The third-order valence-electron chi connectivity index (χ3n) is 18.0. The fraction of sp³-hybridized carbons (Fsp3) is 0.211. The molecule has 8 aromatic carbocycles. The summed E-state index contributed by atoms with van der Waals surface area (Å²) >= 11 is 0. The van der Waals surface area contributed by atoms with Gasteiger partial charge in [-0.15, -0.1) is 4.20 Å². The maximum Gasteiger partial charge on any atom is 0.513 e. The molecule has 4 aromatic heterocycles. The molecule has 14 rings (SSSR count). The number of amides is 2. The maximum atomic E-state index is 18.0. The minimum atomic E-state index is -5.73. The SMILES string of the molecule is COc1ccc(C(OC[C@H]2O[C@@H](n3cnc4c(NC(=O)c5ccccc5)ncnc43)C[C@@H]2OP(=O)(F)OC[C@H]2O[C@@H](n3cnc4c(NC(=O)c5ccccc5)ncnc43)C[C@@H]2OC(c2ccccc2)(c2ccc(OC)cc2)c2ccc(OC)cc2)(c2ccccc2)c2ccc(OC)cc2)cc1. The number of ether oxygens (including phenoxy) is 8. The average Bonchev–Trinajstić information content (AvgIpc) is 1.38. The number of nitrogens with one attached hydrogen (secondary N) is 2. The van der Waals surface area contributed by atoms with Gasteiger partial charge in [-0.1, -0.05) is 146 Å². The lowest BCUT2D eigenvalue weighted by Gasteiger charge is -2.39. The second kappa shape index (κ2) is 29.4. The van der Waals surface area contributed by atoms with Crippen LogP contribution in [0.25, 0.3) is 22.3 Å². The van der Waals surface area contributed by atoms with Crippen molar-refractivity contribution in [2.45, 2.75) is 60.9 Å². The van der Waals surface area contributed by atoms with Gasteiger partial charge >= 0.3 is 7.91 Å². The molecule has 2 aliphatic rings. The summed E-state index contributed by atoms with van der Waals surface area (Å²) in [6.45, 7) is -1.01. The minimum Gasteiger partial charge on any atom is -0.497 e. The van der Waals surface area contributed by atoms with Gasteiger partial charge in [0, 0.05) is 24.0 Å². The van der Waals surface area contributed by atoms with Crippen LogP contribution in [0.3, 0.4) is 0 Å². The number of methoxy groups -OCH3 is 4. The number of imidazole rings is 2. The molecular weight excluding hydrogens is 1310 g/mol. The van der Waals surface area contributed by atoms with Crippen molar-refractivity contribution >= 4 is 53.7 Å². The number of anilines is 2. The molecule has 512 valence electrons. The van der Waals surface area contributed by atoms with E-state index in [0.29, 0.717) is 61.9 Å². The summed E-state index contributed by atoms with van der Waals surface area (Å²) in [6.07, 6.45) is -1.35. The van der Waals surface area contributed by atoms with E-state index >= 15 is 8.76 Å². The van der Waals surface area contributed by atoms with Gasteiger partial charge in [0.2, 0.25) is 0 Å². The van der Waals surface area contributed by atoms with Gasteiger partial charge in [-0.25, -0.2) is 34.5 Å². The summed E-state index contributed by atoms with van der Waals surface area (Å²) in [5.41, 5.74) is 3.15. The lowest BCUT2D eigenvalue weighted by atomic mass is 9.79. The van der Waals surface area contributed by atoms with Gasteiger partial charge < -0.3 is 48.5 Å². The molecule has 2 N–H and O–H groups in total. The largest absolute Gasteiger partial charge is 0.513 e. The van der Waals surface area contributed by atoms with Crippen LogP contribution in [-0.4, -0.2) is 117 Å². The van der Waals surface area contributed by atoms with Crippen molar-refractivity contribution in [2.24, 2.45) is 0 Å². The molecule has 25 heteroatoms. The third kappa shape index (κ3) is 13.8. The number of aromatic nitrogens is 8. The molecule has 0 bridgehead atoms. The molecule has 101 heavy (non-hydrogen) atoms. The second-order valence-electron chi connectivity index (χ2n) is 23.8. The van der Waals surface area contributed by atoms with Crippen molar-refractivity contribution in [3.05, 3.63) is 288 Å². The molecule has 2 fully saturated rings. The average molecular weight is 1380 g/mol. The van der Waals surface area contributed by atoms with E-state index in [-0.39, 0.29) is 53.4 Å². The fourth-order valence-corrected chi connectivity index (χ4v) is 13.9. The summed E-state index contributed by atoms with van der Waals surface area (Å²) in [6, 6.07) is 66.3. The summed E-state index contributed by atoms with van der Waals surface area (Å²) in [7, 11) is 0.592. The van der Waals surface area contributed by atoms with Gasteiger partial charge in [0.15, 0.2) is 34.0 Å². The van der Waals surface area contributed by atoms with Gasteiger partial charge in [0.25, 0.3) is 11.8 Å². The number of carbonyl (C=O) groups excluding carboxylic acids is 2. The maximum absolute atomic E-state index is 18.0. The fourth-order valence-electron chi connectivity index (χ4n) is 13.0. The van der Waals surface area contributed by atoms with Crippen molar-refractivity contribution in [2.75, 3.05) is 52.3 Å². The Morgan fingerprint density at radius 2 is 0.822 bits per heavy atom. The number of carbonyl (C=O) groups is 2. The molecule has 6 heterocycles. The molecule has 0 aliphatic carbocycles. The Balaban J connectivity index is 0.825. The summed E-state index contributed by atoms with van der Waals surface area (Å²) in [5, 5.41) is 5.71. The highest BCUT2D eigenvalue weighted by Gasteiger charge is 2.50. The summed E-state index contributed by atoms with van der Waals surface area (Å²) < 4.78 is 100. The van der Waals surface area contributed by atoms with E-state index in [9.17, 15) is 9.59 Å². The van der Waals surface area contributed by atoms with Crippen LogP contribution in [0.1, 0.15) is 79.4 Å². The zero-order valence-corrected chi connectivity index (χ0v) is 56.0. The Kier molecular flexibility index (Phi) is 19.5. The number of nitrogens with zero attached hydrogens (tertiary/aromatic N) is 8. The Morgan fingerprint density at radius 3 is 1.23 bits per heavy atom. The number of rotatable bonds is 26. The molecule has 12 aromatic rings. The predicted octanol–water partition coefficient (Wildman–Crippen LogP) is 13.6. The highest BCUT2D eigenvalue weighted by atomic mass is 31.2. The number of fused-ring (bicyclic) bond motifs is 2. The quantitative estimate of drug-likeness (QED) is 0.0377. The molecular formula is C76H68FN10O13P. The lowest BCUT2D eigenvalue weighted by Crippen LogP contribution is -2.41. The van der Waals surface area contributed by atoms with E-state index in [0.717, 1.165) is 5.56 Å². The summed E-state index contributed by atoms with van der Waals surface area (Å²) in [4.78, 5) is 54.3. The van der Waals surface area contributed by atoms with Gasteiger partial charge in [-0.2, -0.15) is 0 Å². The number of hydrogen-bond donors (Lipinski definition) is 2. The standard InChI is InChI=1S/C76H68FN10O13P/c1-91-57-33-25-53(26-34-57)75(51-21-13-7-14-22-51,54-27-35-58(92-2)36-28-54)95-43-63-62(42-66(97-63)87-48-83-68-70(79-46-81-72(68)87)85-74(89)50-19-11-6-12-20-50)100-101(77,90)96-44-64-61(41-65(98-64)86-47-82-67-69(78-45-80-71(67)86)84-73(88)49-17-9-5-10-18-49)99-76(52-23-15-8-16-24-52,55-29-37-59(93-3)38-30-55)56-31-39-60(94-4)40-32-56/h5-40,45-48,61-66H,41-44H2,1-4H3,(H,78,80,84,88)(H,79,81,85,89)/t61-,62-,63+,64+,65+,66+,101?/m0/s1. The number of hydrogen-bond acceptors (Lipinski definition) is 19. The topological polar surface area (TPSA) is 255 Å². The molecule has 23 nitrogen and oxygen atoms in total. The Bertz CT molecular complexity index is 4780. The smallest absolute Gasteiger partial charge is 0.497 e. The molecule has 2 aliphatic heterocycles. The van der Waals surface area contributed by atoms with Crippen molar-refractivity contribution in [3.8, 4) is 23.0 Å². The first-order valence-corrected chi connectivity index (χ1v) is 33.8. The van der Waals surface area contributed by atoms with Crippen molar-refractivity contribution < 1.29 is 65.3 Å². The zero-order valence-electron chi connectivity index (χ0n) is 55.1. The Hall–Kier alpha value is -11.1. The molecule has 7 atom stereocenters. The van der Waals surface area contributed by atoms with Crippen LogP contribution in [0.4, 0.5) is 15.8 Å². The molecule has 1 unspecified atom stereocenters. The molecule has 0 saturated carbocycles. The highest BCUT2D eigenvalue weighted by Crippen LogP contribution is 2.56. The lowest BCUT2D eigenvalue weighted by molar-refractivity contribution is -0.102. The second-order valence-corrected chi connectivity index (χ2v) is 25.1. The van der Waals surface area contributed by atoms with Crippen LogP contribution in [0, 0.1) is 0 Å². The first kappa shape index (κ1) is 67.1. The van der Waals surface area contributed by atoms with E-state index in [1.54, 1.807) is 92.2 Å². The van der Waals surface area contributed by atoms with Crippen LogP contribution in [0.15, 0.2) is 244 Å². The van der Waals surface area contributed by atoms with E-state index < -0.39 is 74.4 Å². The van der Waals surface area contributed by atoms with Gasteiger partial charge in [0.05, 0.1) is 60.4 Å². The third-order valence-corrected chi connectivity index (χ3v) is 19.0. The molecule has 2 amide bonds. The van der Waals surface area contributed by atoms with Gasteiger partial charge in [0.1, 0.15) is 77.6 Å². The molecule has 0 radical (unpaired) electrons. The number of halogens is 1. The van der Waals surface area contributed by atoms with Gasteiger partial charge in [-0.05, 0) is 106 Å². The molecule has 2 saturated heterocycles. The Labute approximate surface area is 579 Å². The van der Waals surface area contributed by atoms with E-state index in [1.807, 2.05) is 164 Å². The van der Waals surface area contributed by atoms with E-state index in [1.165, 1.54) is 25.3 Å². The highest BCUT2D eigenvalue weighted by molar-refractivity contribution is 7.48. The zero-order chi connectivity index (χ0) is 69.5. The monoisotopic (exact) mass is 1380 g/mol. The van der Waals surface area contributed by atoms with Crippen LogP contribution in [0.5, 0.6) is 23.0 Å². The molecule has 0 spiro atoms. The van der Waals surface area contributed by atoms with Crippen molar-refractivity contribution in [1.29, 1.82) is 0 Å². The Morgan fingerprint density at radius 1 is 0.465 bits per heavy atom. The first-order chi connectivity index (χ1) is 49.4. The van der Waals surface area contributed by atoms with Crippen molar-refractivity contribution in [1.82, 2.24) is 39.0 Å². The van der Waals surface area contributed by atoms with Crippen LogP contribution in [0.2, 0.25) is 0 Å². The normalized spacial score (nSPS) is 18.2. The minimum absolute atomic E-state index is 0.0523.